The van der Waals surface area contributed by atoms with E-state index in [0.29, 0.717) is 31.5 Å². The summed E-state index contributed by atoms with van der Waals surface area (Å²) < 4.78 is 7.33. The monoisotopic (exact) mass is 355 g/mol. The van der Waals surface area contributed by atoms with E-state index < -0.39 is 11.5 Å². The number of carbonyl (C=O) groups excluding carboxylic acids is 1. The number of fused-ring (bicyclic) bond motifs is 1. The molecule has 0 spiro atoms. The number of hydrogen-bond acceptors (Lipinski definition) is 4. The van der Waals surface area contributed by atoms with Crippen molar-refractivity contribution in [1.29, 1.82) is 0 Å². The number of carboxylic acid groups (broad SMARTS) is 1. The molecule has 7 nitrogen and oxygen atoms in total. The van der Waals surface area contributed by atoms with Crippen molar-refractivity contribution in [2.24, 2.45) is 0 Å². The molecule has 1 fully saturated rings. The summed E-state index contributed by atoms with van der Waals surface area (Å²) in [6.45, 7) is 2.80. The average Bonchev–Trinajstić information content (AvgIpc) is 3.29. The van der Waals surface area contributed by atoms with E-state index in [1.165, 1.54) is 6.33 Å². The summed E-state index contributed by atoms with van der Waals surface area (Å²) in [5.41, 5.74) is 0.652. The van der Waals surface area contributed by atoms with Crippen molar-refractivity contribution in [3.63, 3.8) is 0 Å². The molecule has 1 aromatic carbocycles. The first-order chi connectivity index (χ1) is 12.5. The highest BCUT2D eigenvalue weighted by Gasteiger charge is 2.44. The minimum Gasteiger partial charge on any atom is -0.490 e. The summed E-state index contributed by atoms with van der Waals surface area (Å²) in [6, 6.07) is 5.53. The van der Waals surface area contributed by atoms with Gasteiger partial charge in [0.25, 0.3) is 5.91 Å². The van der Waals surface area contributed by atoms with Crippen molar-refractivity contribution < 1.29 is 19.4 Å². The molecule has 3 heterocycles. The van der Waals surface area contributed by atoms with E-state index in [1.54, 1.807) is 27.9 Å². The van der Waals surface area contributed by atoms with E-state index in [2.05, 4.69) is 4.98 Å². The second-order valence-electron chi connectivity index (χ2n) is 7.05. The quantitative estimate of drug-likeness (QED) is 0.909. The Balaban J connectivity index is 1.50. The maximum absolute atomic E-state index is 12.9. The maximum Gasteiger partial charge on any atom is 0.330 e. The molecule has 1 N–H and O–H groups in total. The number of nitrogens with zero attached hydrogens (tertiary/aromatic N) is 3. The van der Waals surface area contributed by atoms with Crippen LogP contribution in [0.25, 0.3) is 0 Å². The summed E-state index contributed by atoms with van der Waals surface area (Å²) in [5.74, 6) is -0.0964. The fourth-order valence-corrected chi connectivity index (χ4v) is 3.91. The zero-order chi connectivity index (χ0) is 18.3. The van der Waals surface area contributed by atoms with Gasteiger partial charge in [0, 0.05) is 37.5 Å². The van der Waals surface area contributed by atoms with Crippen LogP contribution in [0.4, 0.5) is 0 Å². The molecule has 0 bridgehead atoms. The Morgan fingerprint density at radius 2 is 2.08 bits per heavy atom. The second kappa shape index (κ2) is 6.16. The van der Waals surface area contributed by atoms with Crippen LogP contribution in [0.1, 0.15) is 35.7 Å². The lowest BCUT2D eigenvalue weighted by Gasteiger charge is -2.39. The predicted octanol–water partition coefficient (Wildman–Crippen LogP) is 1.92. The van der Waals surface area contributed by atoms with Gasteiger partial charge in [-0.3, -0.25) is 4.79 Å². The molecule has 4 rings (SSSR count). The number of hydrogen-bond donors (Lipinski definition) is 1. The van der Waals surface area contributed by atoms with Gasteiger partial charge in [-0.05, 0) is 43.5 Å². The molecule has 1 aromatic heterocycles. The van der Waals surface area contributed by atoms with Crippen molar-refractivity contribution in [3.05, 3.63) is 48.0 Å². The molecule has 2 aliphatic heterocycles. The standard InChI is InChI=1S/C19H21N3O4/c1-13-10-15-11-14(2-3-16(15)26-13)17(23)21-7-4-19(5-8-21,18(24)25)22-9-6-20-12-22/h2-3,6,9,11-13H,4-5,7-8,10H2,1H3,(H,24,25)/t13-/m1/s1. The number of rotatable bonds is 3. The average molecular weight is 355 g/mol. The van der Waals surface area contributed by atoms with Gasteiger partial charge < -0.3 is 19.3 Å². The van der Waals surface area contributed by atoms with Gasteiger partial charge in [0.1, 0.15) is 17.4 Å². The molecular weight excluding hydrogens is 334 g/mol. The number of aromatic nitrogens is 2. The Morgan fingerprint density at radius 1 is 1.31 bits per heavy atom. The van der Waals surface area contributed by atoms with Crippen molar-refractivity contribution in [2.45, 2.75) is 37.8 Å². The van der Waals surface area contributed by atoms with E-state index in [9.17, 15) is 14.7 Å². The lowest BCUT2D eigenvalue weighted by atomic mass is 9.87. The van der Waals surface area contributed by atoms with Crippen LogP contribution in [0.2, 0.25) is 0 Å². The number of imidazole rings is 1. The Bertz CT molecular complexity index is 838. The topological polar surface area (TPSA) is 84.7 Å². The summed E-state index contributed by atoms with van der Waals surface area (Å²) in [7, 11) is 0. The molecule has 0 radical (unpaired) electrons. The van der Waals surface area contributed by atoms with Crippen LogP contribution in [-0.4, -0.2) is 50.6 Å². The van der Waals surface area contributed by atoms with Crippen LogP contribution in [0, 0.1) is 0 Å². The first-order valence-corrected chi connectivity index (χ1v) is 8.80. The van der Waals surface area contributed by atoms with Crippen molar-refractivity contribution in [1.82, 2.24) is 14.5 Å². The fraction of sp³-hybridized carbons (Fsp3) is 0.421. The molecule has 0 unspecified atom stereocenters. The third-order valence-corrected chi connectivity index (χ3v) is 5.42. The lowest BCUT2D eigenvalue weighted by Crippen LogP contribution is -2.52. The van der Waals surface area contributed by atoms with Crippen LogP contribution in [0.15, 0.2) is 36.9 Å². The highest BCUT2D eigenvalue weighted by Crippen LogP contribution is 2.33. The van der Waals surface area contributed by atoms with Crippen LogP contribution in [-0.2, 0) is 16.8 Å². The summed E-state index contributed by atoms with van der Waals surface area (Å²) in [6.07, 6.45) is 6.44. The highest BCUT2D eigenvalue weighted by atomic mass is 16.5. The van der Waals surface area contributed by atoms with Gasteiger partial charge >= 0.3 is 5.97 Å². The van der Waals surface area contributed by atoms with Crippen LogP contribution < -0.4 is 4.74 Å². The third-order valence-electron chi connectivity index (χ3n) is 5.42. The molecule has 1 atom stereocenters. The van der Waals surface area contributed by atoms with E-state index in [4.69, 9.17) is 4.74 Å². The maximum atomic E-state index is 12.9. The summed E-state index contributed by atoms with van der Waals surface area (Å²) in [4.78, 5) is 30.5. The second-order valence-corrected chi connectivity index (χ2v) is 7.05. The normalized spacial score (nSPS) is 21.1. The van der Waals surface area contributed by atoms with Crippen molar-refractivity contribution in [3.8, 4) is 5.75 Å². The fourth-order valence-electron chi connectivity index (χ4n) is 3.91. The Morgan fingerprint density at radius 3 is 2.73 bits per heavy atom. The number of amides is 1. The number of ether oxygens (including phenoxy) is 1. The molecule has 1 saturated heterocycles. The van der Waals surface area contributed by atoms with Gasteiger partial charge in [-0.1, -0.05) is 0 Å². The van der Waals surface area contributed by atoms with Crippen LogP contribution >= 0.6 is 0 Å². The zero-order valence-electron chi connectivity index (χ0n) is 14.6. The minimum atomic E-state index is -1.03. The first kappa shape index (κ1) is 16.6. The number of carbonyl (C=O) groups is 2. The van der Waals surface area contributed by atoms with Gasteiger partial charge in [0.05, 0.1) is 6.33 Å². The first-order valence-electron chi connectivity index (χ1n) is 8.80. The van der Waals surface area contributed by atoms with Gasteiger partial charge in [-0.15, -0.1) is 0 Å². The molecule has 2 aromatic rings. The molecular formula is C19H21N3O4. The number of piperidine rings is 1. The Kier molecular flexibility index (Phi) is 3.94. The largest absolute Gasteiger partial charge is 0.490 e. The number of likely N-dealkylation sites (tertiary alicyclic amines) is 1. The molecule has 0 saturated carbocycles. The smallest absolute Gasteiger partial charge is 0.330 e. The SMILES string of the molecule is C[C@@H]1Cc2cc(C(=O)N3CCC(C(=O)O)(n4ccnc4)CC3)ccc2O1. The molecule has 0 aliphatic carbocycles. The van der Waals surface area contributed by atoms with Gasteiger partial charge in [0.2, 0.25) is 0 Å². The summed E-state index contributed by atoms with van der Waals surface area (Å²) in [5, 5.41) is 9.77. The van der Waals surface area contributed by atoms with E-state index in [-0.39, 0.29) is 12.0 Å². The number of carboxylic acids is 1. The molecule has 2 aliphatic rings. The Labute approximate surface area is 151 Å². The highest BCUT2D eigenvalue weighted by molar-refractivity contribution is 5.95. The molecule has 1 amide bonds. The molecule has 136 valence electrons. The van der Waals surface area contributed by atoms with E-state index in [0.717, 1.165) is 17.7 Å². The third kappa shape index (κ3) is 2.64. The predicted molar refractivity (Wildman–Crippen MR) is 93.2 cm³/mol. The molecule has 7 heteroatoms. The lowest BCUT2D eigenvalue weighted by molar-refractivity contribution is -0.150. The number of benzene rings is 1. The zero-order valence-corrected chi connectivity index (χ0v) is 14.6. The number of aliphatic carboxylic acids is 1. The minimum absolute atomic E-state index is 0.0584. The van der Waals surface area contributed by atoms with Crippen molar-refractivity contribution in [2.75, 3.05) is 13.1 Å². The Hall–Kier alpha value is -2.83. The van der Waals surface area contributed by atoms with Crippen molar-refractivity contribution >= 4 is 11.9 Å². The summed E-state index contributed by atoms with van der Waals surface area (Å²) >= 11 is 0. The van der Waals surface area contributed by atoms with Crippen LogP contribution in [0.5, 0.6) is 5.75 Å². The van der Waals surface area contributed by atoms with E-state index >= 15 is 0 Å². The van der Waals surface area contributed by atoms with Crippen LogP contribution in [0.3, 0.4) is 0 Å². The molecule has 26 heavy (non-hydrogen) atoms. The van der Waals surface area contributed by atoms with Gasteiger partial charge in [-0.25, -0.2) is 9.78 Å². The van der Waals surface area contributed by atoms with Gasteiger partial charge in [0.15, 0.2) is 0 Å². The van der Waals surface area contributed by atoms with Gasteiger partial charge in [-0.2, -0.15) is 0 Å². The van der Waals surface area contributed by atoms with E-state index in [1.807, 2.05) is 19.1 Å².